The van der Waals surface area contributed by atoms with Crippen molar-refractivity contribution in [2.75, 3.05) is 26.3 Å². The number of aromatic hydroxyl groups is 1. The molecule has 1 fully saturated rings. The second kappa shape index (κ2) is 10.5. The van der Waals surface area contributed by atoms with Crippen LogP contribution in [-0.2, 0) is 36.4 Å². The van der Waals surface area contributed by atoms with Crippen molar-refractivity contribution in [1.29, 1.82) is 0 Å². The molecular formula is C19H30Cl2N2O2Zr. The molecule has 2 rings (SSSR count). The quantitative estimate of drug-likeness (QED) is 0.604. The number of rotatable bonds is 2. The molecular weight excluding hydrogens is 450 g/mol. The van der Waals surface area contributed by atoms with Gasteiger partial charge in [0, 0.05) is 11.1 Å². The molecule has 0 atom stereocenters. The van der Waals surface area contributed by atoms with Gasteiger partial charge in [0.05, 0.1) is 32.5 Å². The Kier molecular flexibility index (Phi) is 9.63. The Balaban J connectivity index is 0.00000105. The Morgan fingerprint density at radius 2 is 1.62 bits per heavy atom. The van der Waals surface area contributed by atoms with Gasteiger partial charge in [-0.1, -0.05) is 47.6 Å². The standard InChI is InChI=1S/C19H30N2O2.2ClH.Zr/c1-18(2,3)15-11-14(13-20-21-7-9-23-10-8-21)17(22)16(12-15)19(4,5)6;;;/h11-13,22H,7-10H2,1-6H3;2*1H;/q;;;+2/p-2/b20-13+;;;. The van der Waals surface area contributed by atoms with Crippen molar-refractivity contribution < 1.29 is 30.7 Å². The molecule has 1 aromatic rings. The van der Waals surface area contributed by atoms with Crippen LogP contribution in [0.5, 0.6) is 5.75 Å². The maximum absolute atomic E-state index is 10.7. The normalized spacial score (nSPS) is 15.6. The number of ether oxygens (including phenoxy) is 1. The molecule has 0 unspecified atom stereocenters. The minimum atomic E-state index is -0.826. The molecule has 1 saturated heterocycles. The molecule has 4 nitrogen and oxygen atoms in total. The molecule has 0 saturated carbocycles. The fourth-order valence-electron chi connectivity index (χ4n) is 2.57. The summed E-state index contributed by atoms with van der Waals surface area (Å²) in [5.41, 5.74) is 2.87. The van der Waals surface area contributed by atoms with Gasteiger partial charge in [-0.25, -0.2) is 0 Å². The van der Waals surface area contributed by atoms with Crippen LogP contribution in [0.3, 0.4) is 0 Å². The van der Waals surface area contributed by atoms with E-state index in [2.05, 4.69) is 58.8 Å². The van der Waals surface area contributed by atoms with E-state index in [0.29, 0.717) is 19.0 Å². The summed E-state index contributed by atoms with van der Waals surface area (Å²) in [5.74, 6) is 0.336. The zero-order chi connectivity index (χ0) is 20.0. The van der Waals surface area contributed by atoms with Crippen molar-refractivity contribution in [1.82, 2.24) is 5.01 Å². The van der Waals surface area contributed by atoms with Crippen molar-refractivity contribution in [3.05, 3.63) is 28.8 Å². The first kappa shape index (κ1) is 24.0. The Bertz CT molecular complexity index is 605. The van der Waals surface area contributed by atoms with Crippen LogP contribution in [0.4, 0.5) is 0 Å². The Morgan fingerprint density at radius 1 is 1.08 bits per heavy atom. The van der Waals surface area contributed by atoms with Crippen LogP contribution in [0.1, 0.15) is 58.2 Å². The van der Waals surface area contributed by atoms with E-state index >= 15 is 0 Å². The number of hydrogen-bond donors (Lipinski definition) is 1. The van der Waals surface area contributed by atoms with Gasteiger partial charge in [-0.2, -0.15) is 5.10 Å². The Hall–Kier alpha value is -0.0869. The van der Waals surface area contributed by atoms with E-state index < -0.39 is 20.8 Å². The summed E-state index contributed by atoms with van der Waals surface area (Å²) in [6, 6.07) is 4.18. The summed E-state index contributed by atoms with van der Waals surface area (Å²) < 4.78 is 5.34. The van der Waals surface area contributed by atoms with Crippen LogP contribution in [-0.4, -0.2) is 42.6 Å². The number of hydrogen-bond acceptors (Lipinski definition) is 4. The van der Waals surface area contributed by atoms with Crippen LogP contribution in [0.2, 0.25) is 0 Å². The summed E-state index contributed by atoms with van der Waals surface area (Å²) >= 11 is -0.826. The van der Waals surface area contributed by atoms with Gasteiger partial charge in [0.25, 0.3) is 0 Å². The van der Waals surface area contributed by atoms with E-state index in [9.17, 15) is 5.11 Å². The fraction of sp³-hybridized carbons (Fsp3) is 0.632. The first-order valence-electron chi connectivity index (χ1n) is 8.71. The molecule has 26 heavy (non-hydrogen) atoms. The Labute approximate surface area is 176 Å². The van der Waals surface area contributed by atoms with E-state index in [-0.39, 0.29) is 10.8 Å². The molecule has 1 N–H and O–H groups in total. The molecule has 1 aliphatic rings. The number of benzene rings is 1. The van der Waals surface area contributed by atoms with Crippen molar-refractivity contribution >= 4 is 23.2 Å². The van der Waals surface area contributed by atoms with E-state index in [1.54, 1.807) is 6.21 Å². The summed E-state index contributed by atoms with van der Waals surface area (Å²) in [7, 11) is 9.87. The SMILES string of the molecule is CC(C)(C)c1cc(/C=N/N2CCOCC2)c(O)c(C(C)(C)C)c1.[Cl][Zr][Cl]. The van der Waals surface area contributed by atoms with Crippen LogP contribution in [0.15, 0.2) is 17.2 Å². The number of halogens is 2. The van der Waals surface area contributed by atoms with Crippen LogP contribution in [0.25, 0.3) is 0 Å². The molecule has 0 aromatic heterocycles. The summed E-state index contributed by atoms with van der Waals surface area (Å²) in [6.07, 6.45) is 1.78. The van der Waals surface area contributed by atoms with Gasteiger partial charge < -0.3 is 9.84 Å². The van der Waals surface area contributed by atoms with Crippen molar-refractivity contribution in [2.24, 2.45) is 5.10 Å². The average molecular weight is 481 g/mol. The van der Waals surface area contributed by atoms with Crippen molar-refractivity contribution in [3.8, 4) is 5.75 Å². The number of nitrogens with zero attached hydrogens (tertiary/aromatic N) is 2. The van der Waals surface area contributed by atoms with Crippen LogP contribution in [0, 0.1) is 0 Å². The third-order valence-electron chi connectivity index (χ3n) is 4.16. The first-order chi connectivity index (χ1) is 12.0. The van der Waals surface area contributed by atoms with E-state index in [4.69, 9.17) is 21.8 Å². The molecule has 1 heterocycles. The van der Waals surface area contributed by atoms with Gasteiger partial charge in [0.15, 0.2) is 0 Å². The average Bonchev–Trinajstić information content (AvgIpc) is 2.53. The van der Waals surface area contributed by atoms with Crippen LogP contribution < -0.4 is 0 Å². The van der Waals surface area contributed by atoms with E-state index in [1.165, 1.54) is 5.56 Å². The second-order valence-corrected chi connectivity index (χ2v) is 12.1. The molecule has 0 amide bonds. The second-order valence-electron chi connectivity index (χ2n) is 8.34. The molecule has 0 aliphatic carbocycles. The van der Waals surface area contributed by atoms with Gasteiger partial charge in [0.2, 0.25) is 0 Å². The molecule has 0 radical (unpaired) electrons. The molecule has 0 spiro atoms. The van der Waals surface area contributed by atoms with E-state index in [0.717, 1.165) is 24.2 Å². The molecule has 7 heteroatoms. The summed E-state index contributed by atoms with van der Waals surface area (Å²) in [5, 5.41) is 17.2. The molecule has 0 bridgehead atoms. The minimum absolute atomic E-state index is 0.0231. The van der Waals surface area contributed by atoms with Crippen molar-refractivity contribution in [3.63, 3.8) is 0 Å². The number of morpholine rings is 1. The molecule has 146 valence electrons. The zero-order valence-electron chi connectivity index (χ0n) is 16.6. The third-order valence-corrected chi connectivity index (χ3v) is 4.16. The topological polar surface area (TPSA) is 45.1 Å². The van der Waals surface area contributed by atoms with Crippen molar-refractivity contribution in [2.45, 2.75) is 52.4 Å². The molecule has 1 aliphatic heterocycles. The predicted molar refractivity (Wildman–Crippen MR) is 107 cm³/mol. The predicted octanol–water partition coefficient (Wildman–Crippen LogP) is 5.03. The number of hydrazone groups is 1. The van der Waals surface area contributed by atoms with Gasteiger partial charge in [-0.15, -0.1) is 0 Å². The van der Waals surface area contributed by atoms with Gasteiger partial charge >= 0.3 is 37.9 Å². The number of phenols is 1. The summed E-state index contributed by atoms with van der Waals surface area (Å²) in [4.78, 5) is 0. The van der Waals surface area contributed by atoms with Gasteiger partial charge in [0.1, 0.15) is 5.75 Å². The zero-order valence-corrected chi connectivity index (χ0v) is 20.5. The monoisotopic (exact) mass is 478 g/mol. The summed E-state index contributed by atoms with van der Waals surface area (Å²) in [6.45, 7) is 15.9. The first-order valence-corrected chi connectivity index (χ1v) is 15.0. The van der Waals surface area contributed by atoms with Crippen LogP contribution >= 0.6 is 17.0 Å². The van der Waals surface area contributed by atoms with Gasteiger partial charge in [-0.3, -0.25) is 5.01 Å². The maximum atomic E-state index is 10.7. The Morgan fingerprint density at radius 3 is 2.08 bits per heavy atom. The van der Waals surface area contributed by atoms with E-state index in [1.807, 2.05) is 5.01 Å². The molecule has 1 aromatic carbocycles. The third kappa shape index (κ3) is 7.50. The number of phenolic OH excluding ortho intramolecular Hbond substituents is 1. The fourth-order valence-corrected chi connectivity index (χ4v) is 2.57. The van der Waals surface area contributed by atoms with Gasteiger partial charge in [-0.05, 0) is 22.5 Å².